The number of aryl methyl sites for hydroxylation is 2. The lowest BCUT2D eigenvalue weighted by Gasteiger charge is -2.36. The molecule has 2 aromatic carbocycles. The third-order valence-corrected chi connectivity index (χ3v) is 15.6. The average Bonchev–Trinajstić information content (AvgIpc) is 3.99. The van der Waals surface area contributed by atoms with Gasteiger partial charge in [0.2, 0.25) is 21.8 Å². The highest BCUT2D eigenvalue weighted by Crippen LogP contribution is 2.47. The number of carbonyl (C=O) groups excluding carboxylic acids is 3. The number of pyridine rings is 1. The van der Waals surface area contributed by atoms with Crippen LogP contribution in [-0.2, 0) is 30.6 Å². The van der Waals surface area contributed by atoms with E-state index in [0.717, 1.165) is 23.4 Å². The van der Waals surface area contributed by atoms with Crippen molar-refractivity contribution >= 4 is 55.7 Å². The van der Waals surface area contributed by atoms with Crippen LogP contribution >= 0.6 is 11.3 Å². The fourth-order valence-electron chi connectivity index (χ4n) is 8.16. The molecule has 64 heavy (non-hydrogen) atoms. The van der Waals surface area contributed by atoms with Crippen molar-refractivity contribution in [1.29, 1.82) is 0 Å². The maximum atomic E-state index is 15.0. The Bertz CT molecular complexity index is 2640. The molecule has 2 aliphatic carbocycles. The Kier molecular flexibility index (Phi) is 12.2. The second kappa shape index (κ2) is 16.6. The summed E-state index contributed by atoms with van der Waals surface area (Å²) in [6, 6.07) is 6.43. The van der Waals surface area contributed by atoms with Gasteiger partial charge in [-0.3, -0.25) is 19.1 Å². The Balaban J connectivity index is 1.27. The highest BCUT2D eigenvalue weighted by molar-refractivity contribution is 7.91. The molecule has 5 atom stereocenters. The summed E-state index contributed by atoms with van der Waals surface area (Å²) in [5, 5.41) is 9.13. The number of rotatable bonds is 14. The zero-order chi connectivity index (χ0) is 46.9. The van der Waals surface area contributed by atoms with E-state index in [0.29, 0.717) is 51.5 Å². The highest BCUT2D eigenvalue weighted by Gasteiger charge is 2.63. The number of methoxy groups -OCH3 is 1. The molecule has 1 aliphatic heterocycles. The number of carbonyl (C=O) groups is 3. The third kappa shape index (κ3) is 9.04. The molecule has 3 aliphatic rings. The number of sulfonamides is 1. The molecule has 344 valence electrons. The zero-order valence-corrected chi connectivity index (χ0v) is 39.0. The van der Waals surface area contributed by atoms with Crippen LogP contribution in [0.2, 0.25) is 0 Å². The van der Waals surface area contributed by atoms with E-state index in [1.165, 1.54) is 35.3 Å². The summed E-state index contributed by atoms with van der Waals surface area (Å²) in [5.41, 5.74) is -0.296. The van der Waals surface area contributed by atoms with E-state index < -0.39 is 79.3 Å². The Morgan fingerprint density at radius 2 is 1.75 bits per heavy atom. The van der Waals surface area contributed by atoms with Crippen LogP contribution in [0, 0.1) is 25.2 Å². The predicted molar refractivity (Wildman–Crippen MR) is 240 cm³/mol. The molecule has 3 amide bonds. The van der Waals surface area contributed by atoms with Gasteiger partial charge >= 0.3 is 6.18 Å². The fourth-order valence-corrected chi connectivity index (χ4v) is 10.4. The molecule has 18 heteroatoms. The van der Waals surface area contributed by atoms with Crippen LogP contribution in [0.3, 0.4) is 0 Å². The van der Waals surface area contributed by atoms with Crippen LogP contribution < -0.4 is 24.8 Å². The molecule has 3 heterocycles. The van der Waals surface area contributed by atoms with Crippen LogP contribution in [0.25, 0.3) is 21.6 Å². The standard InChI is InChI=1S/C46H55F3N6O7S2/c1-11-27-21-45(27,42(58)54-64(59,60)44(9)14-15-44)53-39(56)34-19-30(22-55(34)41(57)38(43(6,7)8)50-29-17-25(4)16-28(18-29)46(47,48)49)62-36-20-32(40-52-33(23-63-40)24(2)3)51-37-26(5)35(61-10)13-12-31(36)37/h11-13,16-18,20,23-24,27,30,34,38,50H,1,14-15,19,21-22H2,2-10H3,(H,53,56)(H,54,58). The van der Waals surface area contributed by atoms with Crippen molar-refractivity contribution in [2.45, 2.75) is 122 Å². The van der Waals surface area contributed by atoms with E-state index in [1.807, 2.05) is 32.2 Å². The van der Waals surface area contributed by atoms with Gasteiger partial charge in [-0.2, -0.15) is 13.2 Å². The first-order chi connectivity index (χ1) is 29.8. The Labute approximate surface area is 375 Å². The minimum Gasteiger partial charge on any atom is -0.496 e. The monoisotopic (exact) mass is 924 g/mol. The second-order valence-electron chi connectivity index (χ2n) is 18.9. The van der Waals surface area contributed by atoms with E-state index >= 15 is 4.79 Å². The highest BCUT2D eigenvalue weighted by atomic mass is 32.2. The number of nitrogens with zero attached hydrogens (tertiary/aromatic N) is 3. The molecule has 5 unspecified atom stereocenters. The lowest BCUT2D eigenvalue weighted by molar-refractivity contribution is -0.141. The first kappa shape index (κ1) is 46.8. The van der Waals surface area contributed by atoms with Gasteiger partial charge in [0, 0.05) is 40.4 Å². The van der Waals surface area contributed by atoms with Crippen molar-refractivity contribution in [3.8, 4) is 22.2 Å². The summed E-state index contributed by atoms with van der Waals surface area (Å²) >= 11 is 1.43. The molecule has 13 nitrogen and oxygen atoms in total. The number of anilines is 1. The maximum absolute atomic E-state index is 15.0. The second-order valence-corrected chi connectivity index (χ2v) is 22.0. The largest absolute Gasteiger partial charge is 0.496 e. The first-order valence-corrected chi connectivity index (χ1v) is 23.5. The summed E-state index contributed by atoms with van der Waals surface area (Å²) in [4.78, 5) is 54.7. The number of fused-ring (bicyclic) bond motifs is 1. The number of hydrogen-bond donors (Lipinski definition) is 3. The van der Waals surface area contributed by atoms with Gasteiger partial charge in [0.25, 0.3) is 5.91 Å². The van der Waals surface area contributed by atoms with Gasteiger partial charge in [-0.1, -0.05) is 40.7 Å². The number of amides is 3. The van der Waals surface area contributed by atoms with Crippen LogP contribution in [0.1, 0.15) is 95.5 Å². The molecule has 4 aromatic rings. The van der Waals surface area contributed by atoms with E-state index in [1.54, 1.807) is 46.9 Å². The number of alkyl halides is 3. The molecule has 0 bridgehead atoms. The van der Waals surface area contributed by atoms with Crippen molar-refractivity contribution in [3.63, 3.8) is 0 Å². The SMILES string of the molecule is C=CC1CC1(NC(=O)C1CC(Oc2cc(-c3nc(C(C)C)cs3)nc3c(C)c(OC)ccc23)CN1C(=O)C(Nc1cc(C)cc(C(F)(F)F)c1)C(C)(C)C)C(=O)NS(=O)(=O)C1(C)CC1. The molecule has 2 saturated carbocycles. The molecule has 0 radical (unpaired) electrons. The molecule has 2 aromatic heterocycles. The third-order valence-electron chi connectivity index (χ3n) is 12.6. The van der Waals surface area contributed by atoms with Gasteiger partial charge in [-0.15, -0.1) is 17.9 Å². The first-order valence-electron chi connectivity index (χ1n) is 21.2. The average molecular weight is 925 g/mol. The molecular weight excluding hydrogens is 870 g/mol. The molecular formula is C46H55F3N6O7S2. The summed E-state index contributed by atoms with van der Waals surface area (Å²) in [5.74, 6) is -1.66. The molecule has 0 spiro atoms. The lowest BCUT2D eigenvalue weighted by atomic mass is 9.85. The Hall–Kier alpha value is -5.23. The van der Waals surface area contributed by atoms with Gasteiger partial charge in [-0.05, 0) is 87.3 Å². The van der Waals surface area contributed by atoms with E-state index in [9.17, 15) is 31.2 Å². The van der Waals surface area contributed by atoms with Gasteiger partial charge in [0.1, 0.15) is 45.9 Å². The summed E-state index contributed by atoms with van der Waals surface area (Å²) in [6.45, 7) is 18.0. The number of halogens is 3. The van der Waals surface area contributed by atoms with Crippen LogP contribution in [-0.4, -0.2) is 83.1 Å². The minimum absolute atomic E-state index is 0.0611. The number of likely N-dealkylation sites (tertiary alicyclic amines) is 1. The fraction of sp³-hybridized carbons (Fsp3) is 0.500. The zero-order valence-electron chi connectivity index (χ0n) is 37.4. The van der Waals surface area contributed by atoms with Gasteiger partial charge in [0.05, 0.1) is 35.2 Å². The van der Waals surface area contributed by atoms with Crippen molar-refractivity contribution < 1.29 is 45.4 Å². The number of nitrogens with one attached hydrogen (secondary N) is 3. The van der Waals surface area contributed by atoms with E-state index in [-0.39, 0.29) is 31.0 Å². The Morgan fingerprint density at radius 3 is 2.33 bits per heavy atom. The summed E-state index contributed by atoms with van der Waals surface area (Å²) < 4.78 is 81.7. The lowest BCUT2D eigenvalue weighted by Crippen LogP contribution is -2.59. The van der Waals surface area contributed by atoms with E-state index in [2.05, 4.69) is 21.9 Å². The van der Waals surface area contributed by atoms with Crippen LogP contribution in [0.5, 0.6) is 11.5 Å². The number of thiazole rings is 1. The maximum Gasteiger partial charge on any atom is 0.416 e. The minimum atomic E-state index is -4.65. The van der Waals surface area contributed by atoms with Crippen molar-refractivity contribution in [2.75, 3.05) is 19.0 Å². The summed E-state index contributed by atoms with van der Waals surface area (Å²) in [6.07, 6.45) is -3.22. The molecule has 7 rings (SSSR count). The topological polar surface area (TPSA) is 169 Å². The normalized spacial score (nSPS) is 22.2. The molecule has 3 fully saturated rings. The van der Waals surface area contributed by atoms with Gasteiger partial charge < -0.3 is 25.0 Å². The van der Waals surface area contributed by atoms with Gasteiger partial charge in [0.15, 0.2) is 0 Å². The Morgan fingerprint density at radius 1 is 1.05 bits per heavy atom. The van der Waals surface area contributed by atoms with Gasteiger partial charge in [-0.25, -0.2) is 18.4 Å². The number of hydrogen-bond acceptors (Lipinski definition) is 11. The predicted octanol–water partition coefficient (Wildman–Crippen LogP) is 8.06. The van der Waals surface area contributed by atoms with Crippen LogP contribution in [0.15, 0.2) is 54.4 Å². The molecule has 3 N–H and O–H groups in total. The number of aromatic nitrogens is 2. The number of benzene rings is 2. The number of ether oxygens (including phenoxy) is 2. The summed E-state index contributed by atoms with van der Waals surface area (Å²) in [7, 11) is -2.51. The van der Waals surface area contributed by atoms with Crippen LogP contribution in [0.4, 0.5) is 18.9 Å². The smallest absolute Gasteiger partial charge is 0.416 e. The van der Waals surface area contributed by atoms with Crippen molar-refractivity contribution in [3.05, 3.63) is 76.8 Å². The molecule has 1 saturated heterocycles. The van der Waals surface area contributed by atoms with Crippen molar-refractivity contribution in [1.82, 2.24) is 24.9 Å². The van der Waals surface area contributed by atoms with E-state index in [4.69, 9.17) is 19.4 Å². The quantitative estimate of drug-likeness (QED) is 0.105. The van der Waals surface area contributed by atoms with Crippen molar-refractivity contribution in [2.24, 2.45) is 11.3 Å².